The van der Waals surface area contributed by atoms with Crippen LogP contribution in [0.1, 0.15) is 23.2 Å². The molecule has 1 fully saturated rings. The van der Waals surface area contributed by atoms with Gasteiger partial charge in [0.2, 0.25) is 0 Å². The standard InChI is InChI=1S/C25H22N3S/c1-4-10-20(11-5-1)23-18-27(25-26-16-17-29-25)19-24(21-12-6-2-7-13-21)28(23)22-14-8-3-9-15-22/h1-15,17,23-24H,18-19H2. The zero-order chi connectivity index (χ0) is 19.5. The molecule has 4 heteroatoms. The van der Waals surface area contributed by atoms with Crippen molar-refractivity contribution in [1.82, 2.24) is 4.98 Å². The summed E-state index contributed by atoms with van der Waals surface area (Å²) < 4.78 is 0. The minimum Gasteiger partial charge on any atom is -0.354 e. The van der Waals surface area contributed by atoms with Crippen LogP contribution in [0.2, 0.25) is 0 Å². The molecule has 0 saturated carbocycles. The Balaban J connectivity index is 1.64. The van der Waals surface area contributed by atoms with Gasteiger partial charge in [-0.3, -0.25) is 0 Å². The zero-order valence-corrected chi connectivity index (χ0v) is 16.9. The molecule has 0 amide bonds. The van der Waals surface area contributed by atoms with Crippen molar-refractivity contribution >= 4 is 22.2 Å². The lowest BCUT2D eigenvalue weighted by Gasteiger charge is -2.48. The van der Waals surface area contributed by atoms with E-state index in [-0.39, 0.29) is 12.1 Å². The van der Waals surface area contributed by atoms with Crippen LogP contribution in [0.4, 0.5) is 10.8 Å². The Labute approximate surface area is 175 Å². The molecular formula is C25H22N3S. The van der Waals surface area contributed by atoms with Gasteiger partial charge < -0.3 is 9.80 Å². The van der Waals surface area contributed by atoms with E-state index in [2.05, 4.69) is 112 Å². The highest BCUT2D eigenvalue weighted by atomic mass is 32.1. The van der Waals surface area contributed by atoms with Crippen LogP contribution in [-0.4, -0.2) is 18.1 Å². The fraction of sp³-hybridized carbons (Fsp3) is 0.160. The molecule has 0 N–H and O–H groups in total. The van der Waals surface area contributed by atoms with Crippen LogP contribution < -0.4 is 9.80 Å². The topological polar surface area (TPSA) is 19.4 Å². The number of nitrogens with zero attached hydrogens (tertiary/aromatic N) is 3. The van der Waals surface area contributed by atoms with Gasteiger partial charge in [0.15, 0.2) is 5.13 Å². The van der Waals surface area contributed by atoms with E-state index in [0.717, 1.165) is 18.2 Å². The lowest BCUT2D eigenvalue weighted by molar-refractivity contribution is 0.454. The van der Waals surface area contributed by atoms with Gasteiger partial charge in [0.1, 0.15) is 6.20 Å². The van der Waals surface area contributed by atoms with E-state index in [4.69, 9.17) is 0 Å². The minimum absolute atomic E-state index is 0.224. The summed E-state index contributed by atoms with van der Waals surface area (Å²) in [6.45, 7) is 1.78. The average Bonchev–Trinajstić information content (AvgIpc) is 3.35. The molecule has 0 bridgehead atoms. The molecule has 4 aromatic rings. The minimum atomic E-state index is 0.224. The van der Waals surface area contributed by atoms with Gasteiger partial charge in [-0.15, -0.1) is 11.3 Å². The number of hydrogen-bond donors (Lipinski definition) is 0. The monoisotopic (exact) mass is 396 g/mol. The third-order valence-electron chi connectivity index (χ3n) is 5.53. The molecule has 1 saturated heterocycles. The molecule has 3 aromatic carbocycles. The number of rotatable bonds is 4. The highest BCUT2D eigenvalue weighted by Gasteiger charge is 2.37. The van der Waals surface area contributed by atoms with Crippen LogP contribution in [0, 0.1) is 6.20 Å². The number of thiazole rings is 1. The number of benzene rings is 3. The summed E-state index contributed by atoms with van der Waals surface area (Å²) in [4.78, 5) is 9.49. The maximum absolute atomic E-state index is 4.49. The average molecular weight is 397 g/mol. The maximum atomic E-state index is 4.49. The maximum Gasteiger partial charge on any atom is 0.186 e. The molecule has 3 nitrogen and oxygen atoms in total. The second kappa shape index (κ2) is 8.10. The quantitative estimate of drug-likeness (QED) is 0.438. The third-order valence-corrected chi connectivity index (χ3v) is 6.31. The van der Waals surface area contributed by atoms with Crippen molar-refractivity contribution in [2.24, 2.45) is 0 Å². The number of anilines is 2. The van der Waals surface area contributed by atoms with Crippen LogP contribution in [0.5, 0.6) is 0 Å². The van der Waals surface area contributed by atoms with Crippen LogP contribution in [0.3, 0.4) is 0 Å². The fourth-order valence-corrected chi connectivity index (χ4v) is 4.83. The first-order valence-corrected chi connectivity index (χ1v) is 10.8. The molecule has 1 aromatic heterocycles. The lowest BCUT2D eigenvalue weighted by Crippen LogP contribution is -2.50. The first-order chi connectivity index (χ1) is 14.4. The van der Waals surface area contributed by atoms with E-state index in [9.17, 15) is 0 Å². The molecule has 143 valence electrons. The predicted octanol–water partition coefficient (Wildman–Crippen LogP) is 5.75. The molecule has 2 heterocycles. The number of hydrogen-bond acceptors (Lipinski definition) is 4. The van der Waals surface area contributed by atoms with E-state index in [1.165, 1.54) is 16.8 Å². The molecule has 5 rings (SSSR count). The summed E-state index contributed by atoms with van der Waals surface area (Å²) in [6.07, 6.45) is 2.99. The Morgan fingerprint density at radius 1 is 0.724 bits per heavy atom. The van der Waals surface area contributed by atoms with E-state index in [0.29, 0.717) is 0 Å². The summed E-state index contributed by atoms with van der Waals surface area (Å²) >= 11 is 1.66. The second-order valence-electron chi connectivity index (χ2n) is 7.26. The zero-order valence-electron chi connectivity index (χ0n) is 16.1. The highest BCUT2D eigenvalue weighted by Crippen LogP contribution is 2.41. The molecule has 29 heavy (non-hydrogen) atoms. The van der Waals surface area contributed by atoms with Gasteiger partial charge in [-0.1, -0.05) is 78.9 Å². The highest BCUT2D eigenvalue weighted by molar-refractivity contribution is 7.13. The second-order valence-corrected chi connectivity index (χ2v) is 8.10. The Bertz CT molecular complexity index is 970. The van der Waals surface area contributed by atoms with Crippen molar-refractivity contribution in [3.8, 4) is 0 Å². The molecule has 1 radical (unpaired) electrons. The molecule has 2 unspecified atom stereocenters. The molecule has 1 aliphatic heterocycles. The summed E-state index contributed by atoms with van der Waals surface area (Å²) in [6, 6.07) is 32.9. The largest absolute Gasteiger partial charge is 0.354 e. The molecular weight excluding hydrogens is 374 g/mol. The molecule has 0 spiro atoms. The van der Waals surface area contributed by atoms with Crippen molar-refractivity contribution in [1.29, 1.82) is 0 Å². The van der Waals surface area contributed by atoms with Crippen LogP contribution in [0.15, 0.2) is 96.4 Å². The summed E-state index contributed by atoms with van der Waals surface area (Å²) in [5, 5.41) is 2.98. The van der Waals surface area contributed by atoms with Crippen molar-refractivity contribution in [3.63, 3.8) is 0 Å². The lowest BCUT2D eigenvalue weighted by atomic mass is 9.94. The normalized spacial score (nSPS) is 19.3. The predicted molar refractivity (Wildman–Crippen MR) is 120 cm³/mol. The Kier molecular flexibility index (Phi) is 5.01. The van der Waals surface area contributed by atoms with Gasteiger partial charge in [0.25, 0.3) is 0 Å². The van der Waals surface area contributed by atoms with Crippen molar-refractivity contribution in [2.75, 3.05) is 22.9 Å². The first-order valence-electron chi connectivity index (χ1n) is 9.90. The number of aromatic nitrogens is 1. The van der Waals surface area contributed by atoms with E-state index < -0.39 is 0 Å². The molecule has 1 aliphatic rings. The smallest absolute Gasteiger partial charge is 0.186 e. The van der Waals surface area contributed by atoms with Crippen LogP contribution >= 0.6 is 11.3 Å². The van der Waals surface area contributed by atoms with Crippen LogP contribution in [-0.2, 0) is 0 Å². The van der Waals surface area contributed by atoms with Gasteiger partial charge in [0.05, 0.1) is 12.1 Å². The van der Waals surface area contributed by atoms with Gasteiger partial charge in [-0.2, -0.15) is 0 Å². The van der Waals surface area contributed by atoms with Crippen molar-refractivity contribution < 1.29 is 0 Å². The Morgan fingerprint density at radius 2 is 1.24 bits per heavy atom. The molecule has 0 aliphatic carbocycles. The third kappa shape index (κ3) is 3.64. The summed E-state index contributed by atoms with van der Waals surface area (Å²) in [7, 11) is 0. The Hall–Kier alpha value is -3.11. The summed E-state index contributed by atoms with van der Waals surface area (Å²) in [5.41, 5.74) is 3.89. The SMILES string of the molecule is [c]1csc(N2CC(c3ccccc3)N(c3ccccc3)C(c3ccccc3)C2)n1. The van der Waals surface area contributed by atoms with Gasteiger partial charge >= 0.3 is 0 Å². The molecule has 2 atom stereocenters. The first kappa shape index (κ1) is 18.0. The van der Waals surface area contributed by atoms with E-state index in [1.54, 1.807) is 11.3 Å². The Morgan fingerprint density at radius 3 is 1.72 bits per heavy atom. The van der Waals surface area contributed by atoms with Gasteiger partial charge in [0, 0.05) is 24.2 Å². The van der Waals surface area contributed by atoms with Crippen molar-refractivity contribution in [3.05, 3.63) is 114 Å². The van der Waals surface area contributed by atoms with Gasteiger partial charge in [-0.05, 0) is 23.3 Å². The van der Waals surface area contributed by atoms with Crippen LogP contribution in [0.25, 0.3) is 0 Å². The number of para-hydroxylation sites is 1. The fourth-order valence-electron chi connectivity index (χ4n) is 4.22. The summed E-state index contributed by atoms with van der Waals surface area (Å²) in [5.74, 6) is 0. The van der Waals surface area contributed by atoms with E-state index in [1.807, 2.05) is 5.38 Å². The number of piperazine rings is 1. The van der Waals surface area contributed by atoms with Gasteiger partial charge in [-0.25, -0.2) is 4.98 Å². The van der Waals surface area contributed by atoms with E-state index >= 15 is 0 Å². The van der Waals surface area contributed by atoms with Crippen molar-refractivity contribution in [2.45, 2.75) is 12.1 Å².